The summed E-state index contributed by atoms with van der Waals surface area (Å²) in [4.78, 5) is 1.99. The lowest BCUT2D eigenvalue weighted by Crippen LogP contribution is -2.30. The Hall–Kier alpha value is -1.09. The summed E-state index contributed by atoms with van der Waals surface area (Å²) in [5.74, 6) is -0.187. The third kappa shape index (κ3) is 2.73. The number of hydrogen-bond donors (Lipinski definition) is 1. The minimum atomic E-state index is -0.187. The SMILES string of the molecule is CCCC(C)N(C)c1c(F)cccc1CN. The Balaban J connectivity index is 3.01. The van der Waals surface area contributed by atoms with Gasteiger partial charge in [0.15, 0.2) is 0 Å². The van der Waals surface area contributed by atoms with Crippen molar-refractivity contribution >= 4 is 5.69 Å². The smallest absolute Gasteiger partial charge is 0.146 e. The lowest BCUT2D eigenvalue weighted by atomic mass is 10.1. The van der Waals surface area contributed by atoms with Crippen molar-refractivity contribution in [1.29, 1.82) is 0 Å². The van der Waals surface area contributed by atoms with Crippen molar-refractivity contribution in [2.45, 2.75) is 39.3 Å². The van der Waals surface area contributed by atoms with Crippen LogP contribution in [0.1, 0.15) is 32.3 Å². The fraction of sp³-hybridized carbons (Fsp3) is 0.538. The van der Waals surface area contributed by atoms with Gasteiger partial charge in [0.2, 0.25) is 0 Å². The molecule has 0 bridgehead atoms. The number of nitrogens with zero attached hydrogens (tertiary/aromatic N) is 1. The van der Waals surface area contributed by atoms with Crippen LogP contribution in [0.15, 0.2) is 18.2 Å². The number of nitrogens with two attached hydrogens (primary N) is 1. The number of rotatable bonds is 5. The first-order valence-corrected chi connectivity index (χ1v) is 5.82. The highest BCUT2D eigenvalue weighted by molar-refractivity contribution is 5.55. The molecule has 0 saturated carbocycles. The number of benzene rings is 1. The van der Waals surface area contributed by atoms with Crippen LogP contribution in [0.3, 0.4) is 0 Å². The molecule has 16 heavy (non-hydrogen) atoms. The molecule has 0 aliphatic carbocycles. The van der Waals surface area contributed by atoms with E-state index in [0.29, 0.717) is 18.3 Å². The van der Waals surface area contributed by atoms with E-state index in [1.807, 2.05) is 18.0 Å². The van der Waals surface area contributed by atoms with Crippen LogP contribution in [0.2, 0.25) is 0 Å². The Bertz CT molecular complexity index is 339. The summed E-state index contributed by atoms with van der Waals surface area (Å²) >= 11 is 0. The minimum absolute atomic E-state index is 0.187. The van der Waals surface area contributed by atoms with Crippen LogP contribution in [0.25, 0.3) is 0 Å². The van der Waals surface area contributed by atoms with E-state index in [4.69, 9.17) is 5.73 Å². The van der Waals surface area contributed by atoms with Gasteiger partial charge in [-0.15, -0.1) is 0 Å². The first-order chi connectivity index (χ1) is 7.61. The van der Waals surface area contributed by atoms with Gasteiger partial charge in [-0.25, -0.2) is 4.39 Å². The van der Waals surface area contributed by atoms with E-state index in [-0.39, 0.29) is 5.82 Å². The normalized spacial score (nSPS) is 12.6. The van der Waals surface area contributed by atoms with Gasteiger partial charge in [-0.3, -0.25) is 0 Å². The molecule has 2 N–H and O–H groups in total. The number of para-hydroxylation sites is 1. The van der Waals surface area contributed by atoms with Crippen molar-refractivity contribution < 1.29 is 4.39 Å². The fourth-order valence-corrected chi connectivity index (χ4v) is 1.95. The Labute approximate surface area is 97.3 Å². The van der Waals surface area contributed by atoms with Crippen LogP contribution in [0, 0.1) is 5.82 Å². The largest absolute Gasteiger partial charge is 0.369 e. The Kier molecular flexibility index (Phi) is 4.74. The number of hydrogen-bond acceptors (Lipinski definition) is 2. The molecule has 1 atom stereocenters. The molecule has 0 spiro atoms. The van der Waals surface area contributed by atoms with Gasteiger partial charge in [0.25, 0.3) is 0 Å². The second-order valence-corrected chi connectivity index (χ2v) is 4.20. The van der Waals surface area contributed by atoms with Gasteiger partial charge in [-0.05, 0) is 25.0 Å². The van der Waals surface area contributed by atoms with Gasteiger partial charge >= 0.3 is 0 Å². The van der Waals surface area contributed by atoms with Crippen molar-refractivity contribution in [3.8, 4) is 0 Å². The maximum Gasteiger partial charge on any atom is 0.146 e. The van der Waals surface area contributed by atoms with Crippen LogP contribution in [0.5, 0.6) is 0 Å². The predicted molar refractivity (Wildman–Crippen MR) is 67.1 cm³/mol. The molecule has 90 valence electrons. The minimum Gasteiger partial charge on any atom is -0.369 e. The van der Waals surface area contributed by atoms with E-state index < -0.39 is 0 Å². The topological polar surface area (TPSA) is 29.3 Å². The zero-order valence-corrected chi connectivity index (χ0v) is 10.3. The fourth-order valence-electron chi connectivity index (χ4n) is 1.95. The molecule has 1 rings (SSSR count). The molecule has 0 aliphatic heterocycles. The molecule has 0 aromatic heterocycles. The molecular weight excluding hydrogens is 203 g/mol. The first kappa shape index (κ1) is 13.0. The van der Waals surface area contributed by atoms with Crippen molar-refractivity contribution in [3.05, 3.63) is 29.6 Å². The lowest BCUT2D eigenvalue weighted by Gasteiger charge is -2.29. The second kappa shape index (κ2) is 5.85. The molecule has 2 nitrogen and oxygen atoms in total. The Morgan fingerprint density at radius 2 is 2.12 bits per heavy atom. The molecule has 0 amide bonds. The Morgan fingerprint density at radius 1 is 1.44 bits per heavy atom. The van der Waals surface area contributed by atoms with Crippen LogP contribution < -0.4 is 10.6 Å². The summed E-state index contributed by atoms with van der Waals surface area (Å²) in [6, 6.07) is 5.41. The molecule has 0 radical (unpaired) electrons. The van der Waals surface area contributed by atoms with E-state index in [2.05, 4.69) is 13.8 Å². The highest BCUT2D eigenvalue weighted by atomic mass is 19.1. The summed E-state index contributed by atoms with van der Waals surface area (Å²) in [5, 5.41) is 0. The maximum atomic E-state index is 13.8. The van der Waals surface area contributed by atoms with Crippen molar-refractivity contribution in [2.24, 2.45) is 5.73 Å². The van der Waals surface area contributed by atoms with Gasteiger partial charge in [0, 0.05) is 19.6 Å². The van der Waals surface area contributed by atoms with Gasteiger partial charge in [0.1, 0.15) is 5.82 Å². The standard InChI is InChI=1S/C13H21FN2/c1-4-6-10(2)16(3)13-11(9-15)7-5-8-12(13)14/h5,7-8,10H,4,6,9,15H2,1-3H3. The van der Waals surface area contributed by atoms with Crippen LogP contribution in [-0.2, 0) is 6.54 Å². The molecule has 1 unspecified atom stereocenters. The van der Waals surface area contributed by atoms with Crippen LogP contribution in [0.4, 0.5) is 10.1 Å². The summed E-state index contributed by atoms with van der Waals surface area (Å²) in [5.41, 5.74) is 7.15. The van der Waals surface area contributed by atoms with E-state index in [0.717, 1.165) is 18.4 Å². The molecule has 1 aromatic carbocycles. The molecule has 0 fully saturated rings. The van der Waals surface area contributed by atoms with E-state index in [1.54, 1.807) is 6.07 Å². The summed E-state index contributed by atoms with van der Waals surface area (Å²) < 4.78 is 13.8. The van der Waals surface area contributed by atoms with Crippen molar-refractivity contribution in [2.75, 3.05) is 11.9 Å². The zero-order valence-electron chi connectivity index (χ0n) is 10.3. The summed E-state index contributed by atoms with van der Waals surface area (Å²) in [6.45, 7) is 4.61. The maximum absolute atomic E-state index is 13.8. The van der Waals surface area contributed by atoms with E-state index >= 15 is 0 Å². The average molecular weight is 224 g/mol. The quantitative estimate of drug-likeness (QED) is 0.833. The molecule has 1 aromatic rings. The summed E-state index contributed by atoms with van der Waals surface area (Å²) in [6.07, 6.45) is 2.15. The third-order valence-electron chi connectivity index (χ3n) is 3.01. The third-order valence-corrected chi connectivity index (χ3v) is 3.01. The van der Waals surface area contributed by atoms with Gasteiger partial charge in [0.05, 0.1) is 5.69 Å². The molecular formula is C13H21FN2. The molecule has 0 saturated heterocycles. The predicted octanol–water partition coefficient (Wildman–Crippen LogP) is 2.91. The lowest BCUT2D eigenvalue weighted by molar-refractivity contribution is 0.579. The second-order valence-electron chi connectivity index (χ2n) is 4.20. The van der Waals surface area contributed by atoms with Gasteiger partial charge in [-0.1, -0.05) is 25.5 Å². The van der Waals surface area contributed by atoms with Crippen LogP contribution in [-0.4, -0.2) is 13.1 Å². The number of anilines is 1. The number of halogens is 1. The van der Waals surface area contributed by atoms with Gasteiger partial charge in [-0.2, -0.15) is 0 Å². The van der Waals surface area contributed by atoms with Crippen LogP contribution >= 0.6 is 0 Å². The van der Waals surface area contributed by atoms with E-state index in [9.17, 15) is 4.39 Å². The highest BCUT2D eigenvalue weighted by Gasteiger charge is 2.16. The zero-order chi connectivity index (χ0) is 12.1. The average Bonchev–Trinajstić information content (AvgIpc) is 2.28. The first-order valence-electron chi connectivity index (χ1n) is 5.82. The molecule has 0 heterocycles. The van der Waals surface area contributed by atoms with Crippen molar-refractivity contribution in [3.63, 3.8) is 0 Å². The molecule has 3 heteroatoms. The Morgan fingerprint density at radius 3 is 2.69 bits per heavy atom. The van der Waals surface area contributed by atoms with Gasteiger partial charge < -0.3 is 10.6 Å². The van der Waals surface area contributed by atoms with Crippen molar-refractivity contribution in [1.82, 2.24) is 0 Å². The summed E-state index contributed by atoms with van der Waals surface area (Å²) in [7, 11) is 1.93. The molecule has 0 aliphatic rings. The van der Waals surface area contributed by atoms with E-state index in [1.165, 1.54) is 6.07 Å². The highest BCUT2D eigenvalue weighted by Crippen LogP contribution is 2.25. The monoisotopic (exact) mass is 224 g/mol.